The molecule has 1 rings (SSSR count). The van der Waals surface area contributed by atoms with Gasteiger partial charge in [0.1, 0.15) is 0 Å². The minimum Gasteiger partial charge on any atom is -0.324 e. The number of nitrogens with two attached hydrogens (primary N) is 1. The van der Waals surface area contributed by atoms with Crippen LogP contribution in [-0.4, -0.2) is 9.91 Å². The van der Waals surface area contributed by atoms with Crippen LogP contribution in [0.1, 0.15) is 24.9 Å². The monoisotopic (exact) mass is 197 g/mol. The lowest BCUT2D eigenvalue weighted by Crippen LogP contribution is -2.15. The highest BCUT2D eigenvalue weighted by Crippen LogP contribution is 2.14. The predicted molar refractivity (Wildman–Crippen MR) is 50.9 cm³/mol. The van der Waals surface area contributed by atoms with Gasteiger partial charge in [0, 0.05) is 18.3 Å². The predicted octanol–water partition coefficient (Wildman–Crippen LogP) is 0.693. The lowest BCUT2D eigenvalue weighted by Gasteiger charge is -2.07. The molecule has 0 spiro atoms. The summed E-state index contributed by atoms with van der Waals surface area (Å²) in [7, 11) is 0. The van der Waals surface area contributed by atoms with Gasteiger partial charge in [0.05, 0.1) is 4.92 Å². The maximum absolute atomic E-state index is 11.0. The molecule has 0 amide bonds. The van der Waals surface area contributed by atoms with Crippen LogP contribution in [0.4, 0.5) is 5.69 Å². The Hall–Kier alpha value is -1.69. The van der Waals surface area contributed by atoms with Crippen LogP contribution >= 0.6 is 0 Å². The Kier molecular flexibility index (Phi) is 2.98. The minimum atomic E-state index is -0.718. The highest BCUT2D eigenvalue weighted by Gasteiger charge is 2.14. The summed E-state index contributed by atoms with van der Waals surface area (Å²) in [4.78, 5) is 23.0. The van der Waals surface area contributed by atoms with E-state index >= 15 is 0 Å². The number of rotatable bonds is 3. The molecule has 0 saturated carbocycles. The molecule has 0 aliphatic heterocycles. The molecule has 0 aliphatic carbocycles. The summed E-state index contributed by atoms with van der Waals surface area (Å²) in [5, 5.41) is 10.4. The van der Waals surface area contributed by atoms with E-state index in [-0.39, 0.29) is 6.04 Å². The first kappa shape index (κ1) is 10.4. The molecule has 3 N–H and O–H groups in total. The summed E-state index contributed by atoms with van der Waals surface area (Å²) >= 11 is 0. The van der Waals surface area contributed by atoms with E-state index in [1.54, 1.807) is 0 Å². The highest BCUT2D eigenvalue weighted by atomic mass is 16.6. The fourth-order valence-electron chi connectivity index (χ4n) is 1.07. The van der Waals surface area contributed by atoms with Gasteiger partial charge in [0.2, 0.25) is 0 Å². The van der Waals surface area contributed by atoms with Crippen molar-refractivity contribution in [3.63, 3.8) is 0 Å². The number of nitrogens with zero attached hydrogens (tertiary/aromatic N) is 1. The van der Waals surface area contributed by atoms with E-state index in [2.05, 4.69) is 4.98 Å². The van der Waals surface area contributed by atoms with E-state index in [0.29, 0.717) is 12.0 Å². The smallest absolute Gasteiger partial charge is 0.324 e. The largest absolute Gasteiger partial charge is 0.334 e. The van der Waals surface area contributed by atoms with Crippen LogP contribution in [0.3, 0.4) is 0 Å². The van der Waals surface area contributed by atoms with Gasteiger partial charge in [0.15, 0.2) is 0 Å². The molecule has 6 heteroatoms. The summed E-state index contributed by atoms with van der Waals surface area (Å²) in [6.07, 6.45) is 2.06. The first-order valence-corrected chi connectivity index (χ1v) is 4.18. The van der Waals surface area contributed by atoms with Crippen molar-refractivity contribution in [2.45, 2.75) is 19.4 Å². The molecule has 14 heavy (non-hydrogen) atoms. The van der Waals surface area contributed by atoms with E-state index in [4.69, 9.17) is 5.73 Å². The highest BCUT2D eigenvalue weighted by molar-refractivity contribution is 5.31. The van der Waals surface area contributed by atoms with Crippen molar-refractivity contribution in [2.75, 3.05) is 0 Å². The van der Waals surface area contributed by atoms with Crippen LogP contribution in [-0.2, 0) is 0 Å². The zero-order valence-electron chi connectivity index (χ0n) is 7.69. The quantitative estimate of drug-likeness (QED) is 0.549. The zero-order chi connectivity index (χ0) is 10.7. The van der Waals surface area contributed by atoms with Crippen LogP contribution in [0.5, 0.6) is 0 Å². The second-order valence-corrected chi connectivity index (χ2v) is 2.92. The molecule has 1 heterocycles. The van der Waals surface area contributed by atoms with Gasteiger partial charge in [-0.05, 0) is 12.0 Å². The molecule has 0 fully saturated rings. The van der Waals surface area contributed by atoms with E-state index in [0.717, 1.165) is 0 Å². The van der Waals surface area contributed by atoms with Crippen LogP contribution < -0.4 is 11.3 Å². The molecule has 76 valence electrons. The van der Waals surface area contributed by atoms with E-state index in [1.807, 2.05) is 6.92 Å². The van der Waals surface area contributed by atoms with Crippen LogP contribution in [0, 0.1) is 10.1 Å². The number of aromatic amines is 1. The minimum absolute atomic E-state index is 0.287. The summed E-state index contributed by atoms with van der Waals surface area (Å²) < 4.78 is 0. The van der Waals surface area contributed by atoms with Gasteiger partial charge in [-0.25, -0.2) is 0 Å². The first-order chi connectivity index (χ1) is 6.56. The van der Waals surface area contributed by atoms with Gasteiger partial charge >= 0.3 is 11.2 Å². The molecule has 1 aromatic rings. The molecular formula is C8H11N3O3. The molecule has 0 aromatic carbocycles. The lowest BCUT2D eigenvalue weighted by atomic mass is 10.1. The summed E-state index contributed by atoms with van der Waals surface area (Å²) in [5.74, 6) is 0. The molecule has 0 aliphatic rings. The third-order valence-electron chi connectivity index (χ3n) is 1.97. The number of hydrogen-bond donors (Lipinski definition) is 2. The summed E-state index contributed by atoms with van der Waals surface area (Å²) in [6, 6.07) is 0.929. The standard InChI is InChI=1S/C8H11N3O3/c1-2-6(9)5-3-7(11(13)14)8(12)10-4-5/h3-4,6H,2,9H2,1H3,(H,10,12). The molecular weight excluding hydrogens is 186 g/mol. The molecule has 6 nitrogen and oxygen atoms in total. The van der Waals surface area contributed by atoms with Crippen molar-refractivity contribution < 1.29 is 4.92 Å². The Morgan fingerprint density at radius 2 is 2.36 bits per heavy atom. The van der Waals surface area contributed by atoms with Crippen molar-refractivity contribution in [1.82, 2.24) is 4.98 Å². The van der Waals surface area contributed by atoms with Crippen LogP contribution in [0.25, 0.3) is 0 Å². The van der Waals surface area contributed by atoms with Crippen molar-refractivity contribution in [1.29, 1.82) is 0 Å². The number of hydrogen-bond acceptors (Lipinski definition) is 4. The number of H-pyrrole nitrogens is 1. The molecule has 0 saturated heterocycles. The SMILES string of the molecule is CCC(N)c1c[nH]c(=O)c([N+](=O)[O-])c1. The zero-order valence-corrected chi connectivity index (χ0v) is 7.69. The topological polar surface area (TPSA) is 102 Å². The van der Waals surface area contributed by atoms with E-state index < -0.39 is 16.2 Å². The third kappa shape index (κ3) is 1.97. The maximum Gasteiger partial charge on any atom is 0.334 e. The van der Waals surface area contributed by atoms with Gasteiger partial charge < -0.3 is 10.7 Å². The van der Waals surface area contributed by atoms with Crippen molar-refractivity contribution in [2.24, 2.45) is 5.73 Å². The second kappa shape index (κ2) is 4.01. The number of nitrogens with one attached hydrogen (secondary N) is 1. The summed E-state index contributed by atoms with van der Waals surface area (Å²) in [6.45, 7) is 1.86. The summed E-state index contributed by atoms with van der Waals surface area (Å²) in [5.41, 5.74) is 5.06. The Morgan fingerprint density at radius 1 is 1.71 bits per heavy atom. The van der Waals surface area contributed by atoms with Crippen LogP contribution in [0.15, 0.2) is 17.1 Å². The van der Waals surface area contributed by atoms with Gasteiger partial charge in [-0.3, -0.25) is 14.9 Å². The van der Waals surface area contributed by atoms with E-state index in [9.17, 15) is 14.9 Å². The number of pyridine rings is 1. The lowest BCUT2D eigenvalue weighted by molar-refractivity contribution is -0.386. The number of aromatic nitrogens is 1. The molecule has 1 unspecified atom stereocenters. The van der Waals surface area contributed by atoms with Crippen molar-refractivity contribution >= 4 is 5.69 Å². The molecule has 0 bridgehead atoms. The van der Waals surface area contributed by atoms with Crippen LogP contribution in [0.2, 0.25) is 0 Å². The normalized spacial score (nSPS) is 12.4. The Labute approximate surface area is 79.9 Å². The maximum atomic E-state index is 11.0. The van der Waals surface area contributed by atoms with Crippen molar-refractivity contribution in [3.8, 4) is 0 Å². The van der Waals surface area contributed by atoms with Crippen molar-refractivity contribution in [3.05, 3.63) is 38.3 Å². The number of nitro groups is 1. The molecule has 1 atom stereocenters. The van der Waals surface area contributed by atoms with Gasteiger partial charge in [-0.15, -0.1) is 0 Å². The average molecular weight is 197 g/mol. The average Bonchev–Trinajstić information content (AvgIpc) is 2.17. The Morgan fingerprint density at radius 3 is 2.86 bits per heavy atom. The first-order valence-electron chi connectivity index (χ1n) is 4.18. The fourth-order valence-corrected chi connectivity index (χ4v) is 1.07. The third-order valence-corrected chi connectivity index (χ3v) is 1.97. The molecule has 0 radical (unpaired) electrons. The Balaban J connectivity index is 3.19. The molecule has 1 aromatic heterocycles. The van der Waals surface area contributed by atoms with E-state index in [1.165, 1.54) is 12.3 Å². The second-order valence-electron chi connectivity index (χ2n) is 2.92. The fraction of sp³-hybridized carbons (Fsp3) is 0.375. The Bertz CT molecular complexity index is 399. The van der Waals surface area contributed by atoms with Gasteiger partial charge in [0.25, 0.3) is 0 Å². The van der Waals surface area contributed by atoms with Gasteiger partial charge in [-0.2, -0.15) is 0 Å². The van der Waals surface area contributed by atoms with Gasteiger partial charge in [-0.1, -0.05) is 6.92 Å².